The lowest BCUT2D eigenvalue weighted by Crippen LogP contribution is -2.01. The molecule has 0 aliphatic carbocycles. The molecule has 0 saturated carbocycles. The fraction of sp³-hybridized carbons (Fsp3) is 0.400. The standard InChI is InChI=1S/C5H7N3O2/c1-3-6-4(8-7-3)2-5(9)10/h2H2,1H3,(H,9,10)(H,6,7,8). The maximum absolute atomic E-state index is 10.1. The number of aromatic amines is 1. The molecule has 1 rings (SSSR count). The lowest BCUT2D eigenvalue weighted by Gasteiger charge is -1.84. The molecule has 0 spiro atoms. The summed E-state index contributed by atoms with van der Waals surface area (Å²) in [5.41, 5.74) is 0. The molecule has 1 aromatic rings. The minimum atomic E-state index is -0.906. The molecule has 0 bridgehead atoms. The van der Waals surface area contributed by atoms with Crippen LogP contribution in [0.3, 0.4) is 0 Å². The molecule has 1 heterocycles. The van der Waals surface area contributed by atoms with Crippen molar-refractivity contribution in [2.45, 2.75) is 13.3 Å². The van der Waals surface area contributed by atoms with Crippen molar-refractivity contribution in [2.75, 3.05) is 0 Å². The highest BCUT2D eigenvalue weighted by atomic mass is 16.4. The molecule has 0 aromatic carbocycles. The summed E-state index contributed by atoms with van der Waals surface area (Å²) < 4.78 is 0. The van der Waals surface area contributed by atoms with Crippen molar-refractivity contribution in [3.63, 3.8) is 0 Å². The highest BCUT2D eigenvalue weighted by molar-refractivity contribution is 5.68. The maximum atomic E-state index is 10.1. The number of hydrogen-bond acceptors (Lipinski definition) is 3. The Labute approximate surface area is 57.1 Å². The van der Waals surface area contributed by atoms with E-state index in [1.165, 1.54) is 0 Å². The number of carboxylic acids is 1. The van der Waals surface area contributed by atoms with Gasteiger partial charge in [0.05, 0.1) is 0 Å². The fourth-order valence-electron chi connectivity index (χ4n) is 0.613. The van der Waals surface area contributed by atoms with Gasteiger partial charge in [0, 0.05) is 0 Å². The van der Waals surface area contributed by atoms with Crippen molar-refractivity contribution in [3.8, 4) is 0 Å². The van der Waals surface area contributed by atoms with Gasteiger partial charge in [-0.15, -0.1) is 0 Å². The first kappa shape index (κ1) is 6.73. The third kappa shape index (κ3) is 1.54. The molecule has 1 aromatic heterocycles. The first-order chi connectivity index (χ1) is 4.68. The predicted molar refractivity (Wildman–Crippen MR) is 32.5 cm³/mol. The number of carboxylic acid groups (broad SMARTS) is 1. The highest BCUT2D eigenvalue weighted by Gasteiger charge is 2.03. The van der Waals surface area contributed by atoms with Crippen LogP contribution in [0.1, 0.15) is 11.6 Å². The van der Waals surface area contributed by atoms with Crippen LogP contribution in [0.15, 0.2) is 0 Å². The second kappa shape index (κ2) is 2.47. The Kier molecular flexibility index (Phi) is 1.66. The Bertz CT molecular complexity index is 243. The SMILES string of the molecule is Cc1n[nH]c(CC(=O)O)n1. The molecule has 0 radical (unpaired) electrons. The van der Waals surface area contributed by atoms with Gasteiger partial charge < -0.3 is 5.11 Å². The summed E-state index contributed by atoms with van der Waals surface area (Å²) >= 11 is 0. The van der Waals surface area contributed by atoms with E-state index < -0.39 is 5.97 Å². The summed E-state index contributed by atoms with van der Waals surface area (Å²) in [5.74, 6) is 0.0531. The zero-order valence-electron chi connectivity index (χ0n) is 5.46. The zero-order chi connectivity index (χ0) is 7.56. The van der Waals surface area contributed by atoms with Crippen molar-refractivity contribution < 1.29 is 9.90 Å². The van der Waals surface area contributed by atoms with Crippen LogP contribution in [0.2, 0.25) is 0 Å². The van der Waals surface area contributed by atoms with E-state index in [9.17, 15) is 4.79 Å². The predicted octanol–water partition coefficient (Wildman–Crippen LogP) is -0.260. The van der Waals surface area contributed by atoms with E-state index in [2.05, 4.69) is 15.2 Å². The largest absolute Gasteiger partial charge is 0.481 e. The second-order valence-corrected chi connectivity index (χ2v) is 1.90. The van der Waals surface area contributed by atoms with Gasteiger partial charge in [-0.25, -0.2) is 4.98 Å². The lowest BCUT2D eigenvalue weighted by atomic mass is 10.4. The first-order valence-electron chi connectivity index (χ1n) is 2.78. The fourth-order valence-corrected chi connectivity index (χ4v) is 0.613. The van der Waals surface area contributed by atoms with Gasteiger partial charge in [-0.2, -0.15) is 5.10 Å². The van der Waals surface area contributed by atoms with Crippen LogP contribution in [-0.4, -0.2) is 26.3 Å². The van der Waals surface area contributed by atoms with Crippen LogP contribution in [0.25, 0.3) is 0 Å². The Morgan fingerprint density at radius 1 is 1.80 bits per heavy atom. The molecule has 0 fully saturated rings. The number of nitrogens with zero attached hydrogens (tertiary/aromatic N) is 2. The number of aliphatic carboxylic acids is 1. The van der Waals surface area contributed by atoms with Crippen LogP contribution >= 0.6 is 0 Å². The van der Waals surface area contributed by atoms with E-state index in [0.717, 1.165) is 0 Å². The Hall–Kier alpha value is -1.39. The summed E-state index contributed by atoms with van der Waals surface area (Å²) in [6.07, 6.45) is -0.0964. The minimum absolute atomic E-state index is 0.0964. The molecule has 5 nitrogen and oxygen atoms in total. The van der Waals surface area contributed by atoms with Crippen LogP contribution < -0.4 is 0 Å². The van der Waals surface area contributed by atoms with Crippen LogP contribution in [0.4, 0.5) is 0 Å². The van der Waals surface area contributed by atoms with Gasteiger partial charge in [0.25, 0.3) is 0 Å². The van der Waals surface area contributed by atoms with Gasteiger partial charge in [-0.1, -0.05) is 0 Å². The van der Waals surface area contributed by atoms with E-state index in [-0.39, 0.29) is 6.42 Å². The zero-order valence-corrected chi connectivity index (χ0v) is 5.46. The molecule has 0 aliphatic heterocycles. The average Bonchev–Trinajstić information content (AvgIpc) is 2.13. The number of aromatic nitrogens is 3. The smallest absolute Gasteiger partial charge is 0.311 e. The monoisotopic (exact) mass is 141 g/mol. The number of carbonyl (C=O) groups is 1. The van der Waals surface area contributed by atoms with Crippen molar-refractivity contribution >= 4 is 5.97 Å². The topological polar surface area (TPSA) is 78.9 Å². The summed E-state index contributed by atoms with van der Waals surface area (Å²) in [7, 11) is 0. The number of hydrogen-bond donors (Lipinski definition) is 2. The summed E-state index contributed by atoms with van der Waals surface area (Å²) in [6, 6.07) is 0. The molecular formula is C5H7N3O2. The molecule has 0 aliphatic rings. The summed E-state index contributed by atoms with van der Waals surface area (Å²) in [6.45, 7) is 1.70. The minimum Gasteiger partial charge on any atom is -0.481 e. The van der Waals surface area contributed by atoms with Crippen LogP contribution in [-0.2, 0) is 11.2 Å². The maximum Gasteiger partial charge on any atom is 0.311 e. The normalized spacial score (nSPS) is 9.70. The van der Waals surface area contributed by atoms with Gasteiger partial charge in [-0.3, -0.25) is 9.89 Å². The van der Waals surface area contributed by atoms with E-state index in [1.54, 1.807) is 6.92 Å². The molecule has 10 heavy (non-hydrogen) atoms. The quantitative estimate of drug-likeness (QED) is 0.594. The first-order valence-corrected chi connectivity index (χ1v) is 2.78. The average molecular weight is 141 g/mol. The van der Waals surface area contributed by atoms with Crippen LogP contribution in [0.5, 0.6) is 0 Å². The molecule has 0 amide bonds. The third-order valence-electron chi connectivity index (χ3n) is 0.962. The van der Waals surface area contributed by atoms with E-state index in [0.29, 0.717) is 11.6 Å². The summed E-state index contributed by atoms with van der Waals surface area (Å²) in [4.78, 5) is 13.9. The van der Waals surface area contributed by atoms with E-state index in [4.69, 9.17) is 5.11 Å². The van der Waals surface area contributed by atoms with E-state index >= 15 is 0 Å². The number of aryl methyl sites for hydroxylation is 1. The van der Waals surface area contributed by atoms with Crippen molar-refractivity contribution in [1.29, 1.82) is 0 Å². The number of nitrogens with one attached hydrogen (secondary N) is 1. The number of rotatable bonds is 2. The van der Waals surface area contributed by atoms with Gasteiger partial charge in [0.2, 0.25) is 0 Å². The second-order valence-electron chi connectivity index (χ2n) is 1.90. The lowest BCUT2D eigenvalue weighted by molar-refractivity contribution is -0.136. The van der Waals surface area contributed by atoms with Crippen LogP contribution in [0, 0.1) is 6.92 Å². The molecule has 0 saturated heterocycles. The molecular weight excluding hydrogens is 134 g/mol. The Balaban J connectivity index is 2.67. The molecule has 0 atom stereocenters. The van der Waals surface area contributed by atoms with Crippen molar-refractivity contribution in [1.82, 2.24) is 15.2 Å². The van der Waals surface area contributed by atoms with Gasteiger partial charge >= 0.3 is 5.97 Å². The Morgan fingerprint density at radius 2 is 2.50 bits per heavy atom. The van der Waals surface area contributed by atoms with Crippen molar-refractivity contribution in [2.24, 2.45) is 0 Å². The van der Waals surface area contributed by atoms with E-state index in [1.807, 2.05) is 0 Å². The van der Waals surface area contributed by atoms with Crippen molar-refractivity contribution in [3.05, 3.63) is 11.6 Å². The Morgan fingerprint density at radius 3 is 2.90 bits per heavy atom. The van der Waals surface area contributed by atoms with Gasteiger partial charge in [-0.05, 0) is 6.92 Å². The highest BCUT2D eigenvalue weighted by Crippen LogP contribution is 1.90. The molecule has 0 unspecified atom stereocenters. The van der Waals surface area contributed by atoms with Gasteiger partial charge in [0.1, 0.15) is 18.1 Å². The van der Waals surface area contributed by atoms with Gasteiger partial charge in [0.15, 0.2) is 0 Å². The number of H-pyrrole nitrogens is 1. The third-order valence-corrected chi connectivity index (χ3v) is 0.962. The molecule has 2 N–H and O–H groups in total. The summed E-state index contributed by atoms with van der Waals surface area (Å²) in [5, 5.41) is 14.5. The molecule has 54 valence electrons. The molecule has 5 heteroatoms.